The molecule has 0 saturated carbocycles. The molecule has 0 amide bonds. The summed E-state index contributed by atoms with van der Waals surface area (Å²) >= 11 is 5.98. The van der Waals surface area contributed by atoms with Gasteiger partial charge in [-0.2, -0.15) is 5.10 Å². The first-order chi connectivity index (χ1) is 9.15. The molecule has 19 heavy (non-hydrogen) atoms. The zero-order valence-electron chi connectivity index (χ0n) is 11.0. The van der Waals surface area contributed by atoms with Crippen molar-refractivity contribution in [2.45, 2.75) is 25.9 Å². The molecule has 1 N–H and O–H groups in total. The van der Waals surface area contributed by atoms with Gasteiger partial charge in [0.1, 0.15) is 0 Å². The summed E-state index contributed by atoms with van der Waals surface area (Å²) in [7, 11) is 1.98. The summed E-state index contributed by atoms with van der Waals surface area (Å²) in [5, 5.41) is 7.78. The van der Waals surface area contributed by atoms with E-state index in [1.165, 1.54) is 14.7 Å². The van der Waals surface area contributed by atoms with Crippen LogP contribution < -0.4 is 5.32 Å². The van der Waals surface area contributed by atoms with Crippen LogP contribution in [0.3, 0.4) is 0 Å². The minimum atomic E-state index is 0.162. The standard InChI is InChI=1S/C14H17BrIN3/c1-3-6-19-9-10(8-18-19)14(17-2)12-7-11(16)4-5-13(12)15/h4-5,7-9,14,17H,3,6H2,1-2H3. The van der Waals surface area contributed by atoms with Crippen molar-refractivity contribution in [2.75, 3.05) is 7.05 Å². The number of hydrogen-bond donors (Lipinski definition) is 1. The Morgan fingerprint density at radius 2 is 2.26 bits per heavy atom. The quantitative estimate of drug-likeness (QED) is 0.723. The van der Waals surface area contributed by atoms with Crippen molar-refractivity contribution in [3.05, 3.63) is 49.8 Å². The molecule has 5 heteroatoms. The number of rotatable bonds is 5. The van der Waals surface area contributed by atoms with Crippen molar-refractivity contribution in [1.29, 1.82) is 0 Å². The van der Waals surface area contributed by atoms with Crippen molar-refractivity contribution in [3.8, 4) is 0 Å². The fourth-order valence-electron chi connectivity index (χ4n) is 2.12. The SMILES string of the molecule is CCCn1cc(C(NC)c2cc(I)ccc2Br)cn1. The van der Waals surface area contributed by atoms with Crippen LogP contribution in [0, 0.1) is 3.57 Å². The van der Waals surface area contributed by atoms with Crippen LogP contribution in [0.25, 0.3) is 0 Å². The predicted molar refractivity (Wildman–Crippen MR) is 90.3 cm³/mol. The lowest BCUT2D eigenvalue weighted by Gasteiger charge is -2.17. The van der Waals surface area contributed by atoms with E-state index < -0.39 is 0 Å². The number of benzene rings is 1. The van der Waals surface area contributed by atoms with Gasteiger partial charge in [0, 0.05) is 26.3 Å². The number of halogens is 2. The topological polar surface area (TPSA) is 29.9 Å². The second-order valence-corrected chi connectivity index (χ2v) is 6.52. The highest BCUT2D eigenvalue weighted by atomic mass is 127. The van der Waals surface area contributed by atoms with Crippen LogP contribution in [-0.2, 0) is 6.54 Å². The van der Waals surface area contributed by atoms with Crippen molar-refractivity contribution in [3.63, 3.8) is 0 Å². The molecule has 1 heterocycles. The number of hydrogen-bond acceptors (Lipinski definition) is 2. The molecule has 2 aromatic rings. The van der Waals surface area contributed by atoms with Gasteiger partial charge in [-0.1, -0.05) is 22.9 Å². The molecular weight excluding hydrogens is 417 g/mol. The van der Waals surface area contributed by atoms with Crippen LogP contribution in [0.4, 0.5) is 0 Å². The van der Waals surface area contributed by atoms with E-state index in [-0.39, 0.29) is 6.04 Å². The first-order valence-electron chi connectivity index (χ1n) is 6.30. The van der Waals surface area contributed by atoms with E-state index >= 15 is 0 Å². The monoisotopic (exact) mass is 433 g/mol. The molecular formula is C14H17BrIN3. The van der Waals surface area contributed by atoms with E-state index in [0.29, 0.717) is 0 Å². The smallest absolute Gasteiger partial charge is 0.0616 e. The maximum absolute atomic E-state index is 4.41. The van der Waals surface area contributed by atoms with Crippen LogP contribution in [0.15, 0.2) is 35.1 Å². The third kappa shape index (κ3) is 3.58. The minimum absolute atomic E-state index is 0.162. The molecule has 0 spiro atoms. The van der Waals surface area contributed by atoms with Crippen LogP contribution >= 0.6 is 38.5 Å². The van der Waals surface area contributed by atoms with Gasteiger partial charge in [-0.05, 0) is 59.8 Å². The van der Waals surface area contributed by atoms with Gasteiger partial charge in [-0.3, -0.25) is 4.68 Å². The molecule has 0 radical (unpaired) electrons. The molecule has 0 saturated heterocycles. The van der Waals surface area contributed by atoms with E-state index in [0.717, 1.165) is 17.4 Å². The van der Waals surface area contributed by atoms with Gasteiger partial charge in [0.05, 0.1) is 12.2 Å². The number of nitrogens with one attached hydrogen (secondary N) is 1. The van der Waals surface area contributed by atoms with E-state index in [1.54, 1.807) is 0 Å². The first kappa shape index (κ1) is 15.0. The minimum Gasteiger partial charge on any atom is -0.309 e. The molecule has 0 aliphatic rings. The molecule has 0 aliphatic heterocycles. The highest BCUT2D eigenvalue weighted by Gasteiger charge is 2.17. The number of nitrogens with zero attached hydrogens (tertiary/aromatic N) is 2. The lowest BCUT2D eigenvalue weighted by molar-refractivity contribution is 0.600. The van der Waals surface area contributed by atoms with Gasteiger partial charge in [0.25, 0.3) is 0 Å². The number of aryl methyl sites for hydroxylation is 1. The number of aromatic nitrogens is 2. The Morgan fingerprint density at radius 1 is 1.47 bits per heavy atom. The molecule has 2 rings (SSSR count). The van der Waals surface area contributed by atoms with E-state index in [1.807, 2.05) is 17.9 Å². The maximum atomic E-state index is 4.41. The first-order valence-corrected chi connectivity index (χ1v) is 8.17. The molecule has 0 aliphatic carbocycles. The third-order valence-corrected chi connectivity index (χ3v) is 4.39. The summed E-state index contributed by atoms with van der Waals surface area (Å²) in [6, 6.07) is 6.55. The Bertz CT molecular complexity index is 553. The summed E-state index contributed by atoms with van der Waals surface area (Å²) in [5.74, 6) is 0. The van der Waals surface area contributed by atoms with E-state index in [2.05, 4.69) is 80.3 Å². The zero-order valence-corrected chi connectivity index (χ0v) is 14.8. The largest absolute Gasteiger partial charge is 0.309 e. The Morgan fingerprint density at radius 3 is 2.95 bits per heavy atom. The summed E-state index contributed by atoms with van der Waals surface area (Å²) in [6.45, 7) is 3.12. The lowest BCUT2D eigenvalue weighted by atomic mass is 10.0. The fourth-order valence-corrected chi connectivity index (χ4v) is 3.11. The van der Waals surface area contributed by atoms with Crippen molar-refractivity contribution < 1.29 is 0 Å². The second-order valence-electron chi connectivity index (χ2n) is 4.42. The summed E-state index contributed by atoms with van der Waals surface area (Å²) < 4.78 is 4.36. The predicted octanol–water partition coefficient (Wildman–Crippen LogP) is 3.97. The molecule has 1 atom stereocenters. The van der Waals surface area contributed by atoms with Crippen LogP contribution in [-0.4, -0.2) is 16.8 Å². The van der Waals surface area contributed by atoms with Crippen molar-refractivity contribution >= 4 is 38.5 Å². The van der Waals surface area contributed by atoms with E-state index in [4.69, 9.17) is 0 Å². The highest BCUT2D eigenvalue weighted by molar-refractivity contribution is 14.1. The molecule has 0 bridgehead atoms. The fraction of sp³-hybridized carbons (Fsp3) is 0.357. The molecule has 0 fully saturated rings. The maximum Gasteiger partial charge on any atom is 0.0616 e. The molecule has 1 unspecified atom stereocenters. The zero-order chi connectivity index (χ0) is 13.8. The van der Waals surface area contributed by atoms with Crippen molar-refractivity contribution in [1.82, 2.24) is 15.1 Å². The molecule has 1 aromatic heterocycles. The van der Waals surface area contributed by atoms with Gasteiger partial charge in [-0.15, -0.1) is 0 Å². The van der Waals surface area contributed by atoms with Gasteiger partial charge in [0.2, 0.25) is 0 Å². The summed E-state index contributed by atoms with van der Waals surface area (Å²) in [5.41, 5.74) is 2.43. The average molecular weight is 434 g/mol. The normalized spacial score (nSPS) is 12.6. The summed E-state index contributed by atoms with van der Waals surface area (Å²) in [4.78, 5) is 0. The van der Waals surface area contributed by atoms with Crippen molar-refractivity contribution in [2.24, 2.45) is 0 Å². The Hall–Kier alpha value is -0.400. The molecule has 3 nitrogen and oxygen atoms in total. The third-order valence-electron chi connectivity index (χ3n) is 3.00. The second kappa shape index (κ2) is 6.85. The van der Waals surface area contributed by atoms with Gasteiger partial charge in [-0.25, -0.2) is 0 Å². The average Bonchev–Trinajstić information content (AvgIpc) is 2.83. The van der Waals surface area contributed by atoms with Crippen LogP contribution in [0.1, 0.15) is 30.5 Å². The van der Waals surface area contributed by atoms with Crippen LogP contribution in [0.5, 0.6) is 0 Å². The molecule has 1 aromatic carbocycles. The Balaban J connectivity index is 2.35. The summed E-state index contributed by atoms with van der Waals surface area (Å²) in [6.07, 6.45) is 5.17. The van der Waals surface area contributed by atoms with Gasteiger partial charge in [0.15, 0.2) is 0 Å². The van der Waals surface area contributed by atoms with Gasteiger partial charge >= 0.3 is 0 Å². The lowest BCUT2D eigenvalue weighted by Crippen LogP contribution is -2.17. The van der Waals surface area contributed by atoms with Crippen LogP contribution in [0.2, 0.25) is 0 Å². The molecule has 102 valence electrons. The van der Waals surface area contributed by atoms with Gasteiger partial charge < -0.3 is 5.32 Å². The Kier molecular flexibility index (Phi) is 5.41. The Labute approximate surface area is 136 Å². The highest BCUT2D eigenvalue weighted by Crippen LogP contribution is 2.29. The van der Waals surface area contributed by atoms with E-state index in [9.17, 15) is 0 Å².